The second-order valence-electron chi connectivity index (χ2n) is 4.09. The van der Waals surface area contributed by atoms with Crippen LogP contribution in [-0.2, 0) is 4.74 Å². The molecule has 1 rings (SSSR count). The number of rotatable bonds is 7. The van der Waals surface area contributed by atoms with Gasteiger partial charge in [0.15, 0.2) is 0 Å². The summed E-state index contributed by atoms with van der Waals surface area (Å²) in [5.41, 5.74) is 0.942. The Kier molecular flexibility index (Phi) is 6.04. The van der Waals surface area contributed by atoms with Crippen LogP contribution in [0.2, 0.25) is 0 Å². The van der Waals surface area contributed by atoms with Crippen molar-refractivity contribution in [3.05, 3.63) is 29.6 Å². The lowest BCUT2D eigenvalue weighted by atomic mass is 10.1. The van der Waals surface area contributed by atoms with Crippen LogP contribution >= 0.6 is 0 Å². The van der Waals surface area contributed by atoms with Crippen molar-refractivity contribution in [2.75, 3.05) is 38.3 Å². The van der Waals surface area contributed by atoms with Crippen LogP contribution in [0.4, 0.5) is 10.1 Å². The molecule has 0 saturated heterocycles. The molecule has 1 atom stereocenters. The first-order chi connectivity index (χ1) is 8.60. The van der Waals surface area contributed by atoms with Crippen LogP contribution in [0.1, 0.15) is 18.6 Å². The molecular formula is C13H20FNO3. The smallest absolute Gasteiger partial charge is 0.146 e. The van der Waals surface area contributed by atoms with Gasteiger partial charge in [-0.2, -0.15) is 0 Å². The standard InChI is InChI=1S/C13H20FNO3/c1-10(17)11-3-4-13(12(14)9-11)15(5-7-16)6-8-18-2/h3-4,9-10,16-17H,5-8H2,1-2H3/t10-/m1/s1. The molecule has 4 nitrogen and oxygen atoms in total. The van der Waals surface area contributed by atoms with Crippen LogP contribution in [0.5, 0.6) is 0 Å². The van der Waals surface area contributed by atoms with E-state index in [1.165, 1.54) is 6.07 Å². The number of hydrogen-bond acceptors (Lipinski definition) is 4. The van der Waals surface area contributed by atoms with Crippen molar-refractivity contribution in [2.45, 2.75) is 13.0 Å². The molecule has 0 radical (unpaired) electrons. The van der Waals surface area contributed by atoms with E-state index >= 15 is 0 Å². The molecule has 0 fully saturated rings. The molecule has 0 bridgehead atoms. The Morgan fingerprint density at radius 1 is 1.39 bits per heavy atom. The van der Waals surface area contributed by atoms with E-state index in [9.17, 15) is 9.50 Å². The Balaban J connectivity index is 2.90. The number of benzene rings is 1. The van der Waals surface area contributed by atoms with Crippen LogP contribution in [0, 0.1) is 5.82 Å². The summed E-state index contributed by atoms with van der Waals surface area (Å²) in [7, 11) is 1.57. The lowest BCUT2D eigenvalue weighted by Gasteiger charge is -2.24. The zero-order valence-electron chi connectivity index (χ0n) is 10.8. The maximum absolute atomic E-state index is 13.9. The SMILES string of the molecule is COCCN(CCO)c1ccc([C@@H](C)O)cc1F. The molecule has 0 saturated carbocycles. The zero-order chi connectivity index (χ0) is 13.5. The normalized spacial score (nSPS) is 12.5. The molecule has 18 heavy (non-hydrogen) atoms. The van der Waals surface area contributed by atoms with Crippen LogP contribution < -0.4 is 4.90 Å². The minimum Gasteiger partial charge on any atom is -0.395 e. The highest BCUT2D eigenvalue weighted by Crippen LogP contribution is 2.23. The van der Waals surface area contributed by atoms with Crippen molar-refractivity contribution in [3.63, 3.8) is 0 Å². The molecule has 0 unspecified atom stereocenters. The van der Waals surface area contributed by atoms with E-state index in [2.05, 4.69) is 0 Å². The molecule has 0 spiro atoms. The Bertz CT molecular complexity index is 371. The quantitative estimate of drug-likeness (QED) is 0.773. The zero-order valence-corrected chi connectivity index (χ0v) is 10.8. The molecule has 2 N–H and O–H groups in total. The van der Waals surface area contributed by atoms with Crippen LogP contribution in [-0.4, -0.2) is 43.6 Å². The Hall–Kier alpha value is -1.17. The topological polar surface area (TPSA) is 52.9 Å². The van der Waals surface area contributed by atoms with Crippen molar-refractivity contribution in [3.8, 4) is 0 Å². The van der Waals surface area contributed by atoms with Gasteiger partial charge >= 0.3 is 0 Å². The van der Waals surface area contributed by atoms with Crippen molar-refractivity contribution in [1.82, 2.24) is 0 Å². The van der Waals surface area contributed by atoms with Crippen molar-refractivity contribution in [1.29, 1.82) is 0 Å². The number of hydrogen-bond donors (Lipinski definition) is 2. The highest BCUT2D eigenvalue weighted by Gasteiger charge is 2.13. The lowest BCUT2D eigenvalue weighted by Crippen LogP contribution is -2.30. The summed E-state index contributed by atoms with van der Waals surface area (Å²) in [4.78, 5) is 1.71. The second-order valence-corrected chi connectivity index (χ2v) is 4.09. The third-order valence-electron chi connectivity index (χ3n) is 2.73. The average molecular weight is 257 g/mol. The van der Waals surface area contributed by atoms with E-state index in [-0.39, 0.29) is 6.61 Å². The summed E-state index contributed by atoms with van der Waals surface area (Å²) in [6, 6.07) is 4.61. The highest BCUT2D eigenvalue weighted by atomic mass is 19.1. The molecule has 5 heteroatoms. The van der Waals surface area contributed by atoms with Gasteiger partial charge in [0, 0.05) is 20.2 Å². The summed E-state index contributed by atoms with van der Waals surface area (Å²) in [6.07, 6.45) is -0.696. The van der Waals surface area contributed by atoms with E-state index in [4.69, 9.17) is 9.84 Å². The number of halogens is 1. The second kappa shape index (κ2) is 7.31. The van der Waals surface area contributed by atoms with Gasteiger partial charge in [-0.15, -0.1) is 0 Å². The van der Waals surface area contributed by atoms with Crippen molar-refractivity contribution < 1.29 is 19.3 Å². The number of methoxy groups -OCH3 is 1. The lowest BCUT2D eigenvalue weighted by molar-refractivity contribution is 0.198. The fraction of sp³-hybridized carbons (Fsp3) is 0.538. The van der Waals surface area contributed by atoms with Gasteiger partial charge in [0.2, 0.25) is 0 Å². The van der Waals surface area contributed by atoms with E-state index in [0.717, 1.165) is 0 Å². The first-order valence-electron chi connectivity index (χ1n) is 5.92. The molecule has 1 aromatic carbocycles. The van der Waals surface area contributed by atoms with Crippen molar-refractivity contribution >= 4 is 5.69 Å². The largest absolute Gasteiger partial charge is 0.395 e. The van der Waals surface area contributed by atoms with Gasteiger partial charge in [-0.25, -0.2) is 4.39 Å². The molecule has 0 amide bonds. The van der Waals surface area contributed by atoms with Crippen molar-refractivity contribution in [2.24, 2.45) is 0 Å². The van der Waals surface area contributed by atoms with E-state index in [0.29, 0.717) is 30.9 Å². The summed E-state index contributed by atoms with van der Waals surface area (Å²) in [6.45, 7) is 2.83. The molecule has 102 valence electrons. The molecule has 0 aliphatic carbocycles. The molecule has 1 aromatic rings. The summed E-state index contributed by atoms with van der Waals surface area (Å²) in [5, 5.41) is 18.4. The molecule has 0 aliphatic rings. The van der Waals surface area contributed by atoms with E-state index in [1.807, 2.05) is 0 Å². The third kappa shape index (κ3) is 3.94. The summed E-state index contributed by atoms with van der Waals surface area (Å²) >= 11 is 0. The van der Waals surface area contributed by atoms with Crippen LogP contribution in [0.15, 0.2) is 18.2 Å². The Morgan fingerprint density at radius 2 is 2.11 bits per heavy atom. The predicted octanol–water partition coefficient (Wildman–Crippen LogP) is 1.32. The van der Waals surface area contributed by atoms with Gasteiger partial charge in [-0.3, -0.25) is 0 Å². The average Bonchev–Trinajstić information content (AvgIpc) is 2.34. The molecule has 0 aliphatic heterocycles. The molecular weight excluding hydrogens is 237 g/mol. The van der Waals surface area contributed by atoms with Crippen LogP contribution in [0.3, 0.4) is 0 Å². The third-order valence-corrected chi connectivity index (χ3v) is 2.73. The first-order valence-corrected chi connectivity index (χ1v) is 5.92. The monoisotopic (exact) mass is 257 g/mol. The molecule has 0 heterocycles. The Labute approximate surface area is 107 Å². The summed E-state index contributed by atoms with van der Waals surface area (Å²) < 4.78 is 18.9. The van der Waals surface area contributed by atoms with Crippen LogP contribution in [0.25, 0.3) is 0 Å². The van der Waals surface area contributed by atoms with Gasteiger partial charge in [0.1, 0.15) is 5.82 Å². The maximum atomic E-state index is 13.9. The van der Waals surface area contributed by atoms with Gasteiger partial charge < -0.3 is 19.8 Å². The fourth-order valence-corrected chi connectivity index (χ4v) is 1.71. The number of aliphatic hydroxyl groups excluding tert-OH is 2. The molecule has 0 aromatic heterocycles. The maximum Gasteiger partial charge on any atom is 0.146 e. The predicted molar refractivity (Wildman–Crippen MR) is 68.2 cm³/mol. The van der Waals surface area contributed by atoms with Gasteiger partial charge in [-0.1, -0.05) is 6.07 Å². The van der Waals surface area contributed by atoms with Gasteiger partial charge in [-0.05, 0) is 24.6 Å². The van der Waals surface area contributed by atoms with E-state index in [1.54, 1.807) is 31.1 Å². The van der Waals surface area contributed by atoms with E-state index < -0.39 is 11.9 Å². The number of nitrogens with zero attached hydrogens (tertiary/aromatic N) is 1. The number of ether oxygens (including phenoxy) is 1. The minimum absolute atomic E-state index is 0.0543. The fourth-order valence-electron chi connectivity index (χ4n) is 1.71. The first kappa shape index (κ1) is 14.9. The number of aliphatic hydroxyl groups is 2. The summed E-state index contributed by atoms with van der Waals surface area (Å²) in [5.74, 6) is -0.405. The highest BCUT2D eigenvalue weighted by molar-refractivity contribution is 5.49. The minimum atomic E-state index is -0.696. The van der Waals surface area contributed by atoms with Gasteiger partial charge in [0.05, 0.1) is 25.0 Å². The van der Waals surface area contributed by atoms with Gasteiger partial charge in [0.25, 0.3) is 0 Å². The number of anilines is 1. The Morgan fingerprint density at radius 3 is 2.61 bits per heavy atom.